The molecule has 2 N–H and O–H groups in total. The highest BCUT2D eigenvalue weighted by Gasteiger charge is 2.14. The molecule has 1 atom stereocenters. The van der Waals surface area contributed by atoms with Gasteiger partial charge in [-0.15, -0.1) is 0 Å². The largest absolute Gasteiger partial charge is 0.382 e. The third-order valence-electron chi connectivity index (χ3n) is 3.12. The highest BCUT2D eigenvalue weighted by atomic mass is 16.5. The fourth-order valence-electron chi connectivity index (χ4n) is 2.12. The van der Waals surface area contributed by atoms with Gasteiger partial charge in [-0.3, -0.25) is 4.79 Å². The molecule has 1 aliphatic rings. The van der Waals surface area contributed by atoms with Gasteiger partial charge in [0.2, 0.25) is 0 Å². The Morgan fingerprint density at radius 2 is 2.11 bits per heavy atom. The molecule has 0 aromatic heterocycles. The topological polar surface area (TPSA) is 50.4 Å². The van der Waals surface area contributed by atoms with E-state index < -0.39 is 0 Å². The minimum Gasteiger partial charge on any atom is -0.382 e. The molecule has 104 valence electrons. The highest BCUT2D eigenvalue weighted by Crippen LogP contribution is 2.14. The van der Waals surface area contributed by atoms with E-state index in [1.54, 1.807) is 0 Å². The van der Waals surface area contributed by atoms with E-state index in [0.29, 0.717) is 11.7 Å². The maximum atomic E-state index is 11.8. The number of hydrogen-bond donors (Lipinski definition) is 2. The van der Waals surface area contributed by atoms with Gasteiger partial charge in [0.25, 0.3) is 5.91 Å². The molecule has 1 amide bonds. The number of carbonyl (C=O) groups excluding carboxylic acids is 1. The predicted octanol–water partition coefficient (Wildman–Crippen LogP) is 2.42. The second-order valence-corrected chi connectivity index (χ2v) is 5.22. The van der Waals surface area contributed by atoms with Gasteiger partial charge in [-0.25, -0.2) is 0 Å². The SMILES string of the molecule is CC(C)NC(=O)c1ccc(NCC2CCCO2)cc1. The fourth-order valence-corrected chi connectivity index (χ4v) is 2.12. The van der Waals surface area contributed by atoms with Crippen LogP contribution in [0.4, 0.5) is 5.69 Å². The van der Waals surface area contributed by atoms with E-state index in [-0.39, 0.29) is 11.9 Å². The molecular formula is C15H22N2O2. The molecule has 1 saturated heterocycles. The molecule has 0 aliphatic carbocycles. The van der Waals surface area contributed by atoms with Crippen molar-refractivity contribution in [3.05, 3.63) is 29.8 Å². The van der Waals surface area contributed by atoms with Crippen LogP contribution in [-0.4, -0.2) is 31.2 Å². The van der Waals surface area contributed by atoms with E-state index in [4.69, 9.17) is 4.74 Å². The second kappa shape index (κ2) is 6.57. The van der Waals surface area contributed by atoms with Crippen molar-refractivity contribution in [2.24, 2.45) is 0 Å². The Morgan fingerprint density at radius 3 is 2.68 bits per heavy atom. The summed E-state index contributed by atoms with van der Waals surface area (Å²) >= 11 is 0. The van der Waals surface area contributed by atoms with Crippen LogP contribution in [-0.2, 0) is 4.74 Å². The molecule has 1 aliphatic heterocycles. The first kappa shape index (κ1) is 13.9. The summed E-state index contributed by atoms with van der Waals surface area (Å²) in [5.41, 5.74) is 1.72. The normalized spacial score (nSPS) is 18.6. The number of hydrogen-bond acceptors (Lipinski definition) is 3. The lowest BCUT2D eigenvalue weighted by Crippen LogP contribution is -2.30. The van der Waals surface area contributed by atoms with Crippen LogP contribution in [0.25, 0.3) is 0 Å². The first-order valence-electron chi connectivity index (χ1n) is 6.91. The summed E-state index contributed by atoms with van der Waals surface area (Å²) in [4.78, 5) is 11.8. The van der Waals surface area contributed by atoms with Gasteiger partial charge < -0.3 is 15.4 Å². The summed E-state index contributed by atoms with van der Waals surface area (Å²) in [6.45, 7) is 5.61. The van der Waals surface area contributed by atoms with Crippen molar-refractivity contribution in [3.63, 3.8) is 0 Å². The second-order valence-electron chi connectivity index (χ2n) is 5.22. The average Bonchev–Trinajstić information content (AvgIpc) is 2.89. The van der Waals surface area contributed by atoms with Gasteiger partial charge in [-0.2, -0.15) is 0 Å². The number of anilines is 1. The van der Waals surface area contributed by atoms with Crippen molar-refractivity contribution in [1.82, 2.24) is 5.32 Å². The van der Waals surface area contributed by atoms with Crippen molar-refractivity contribution < 1.29 is 9.53 Å². The van der Waals surface area contributed by atoms with E-state index in [9.17, 15) is 4.79 Å². The summed E-state index contributed by atoms with van der Waals surface area (Å²) in [5.74, 6) is -0.0272. The highest BCUT2D eigenvalue weighted by molar-refractivity contribution is 5.94. The number of benzene rings is 1. The third kappa shape index (κ3) is 4.24. The Kier molecular flexibility index (Phi) is 4.80. The van der Waals surface area contributed by atoms with Gasteiger partial charge in [0.05, 0.1) is 6.10 Å². The van der Waals surface area contributed by atoms with Crippen molar-refractivity contribution in [3.8, 4) is 0 Å². The van der Waals surface area contributed by atoms with Crippen LogP contribution in [0.5, 0.6) is 0 Å². The fraction of sp³-hybridized carbons (Fsp3) is 0.533. The summed E-state index contributed by atoms with van der Waals surface area (Å²) in [7, 11) is 0. The van der Waals surface area contributed by atoms with Crippen molar-refractivity contribution in [1.29, 1.82) is 0 Å². The Hall–Kier alpha value is -1.55. The lowest BCUT2D eigenvalue weighted by atomic mass is 10.1. The number of ether oxygens (including phenoxy) is 1. The first-order valence-corrected chi connectivity index (χ1v) is 6.91. The van der Waals surface area contributed by atoms with Crippen molar-refractivity contribution >= 4 is 11.6 Å². The first-order chi connectivity index (χ1) is 9.15. The van der Waals surface area contributed by atoms with E-state index in [1.165, 1.54) is 0 Å². The summed E-state index contributed by atoms with van der Waals surface area (Å²) < 4.78 is 5.55. The number of carbonyl (C=O) groups is 1. The van der Waals surface area contributed by atoms with Gasteiger partial charge in [0.1, 0.15) is 0 Å². The molecular weight excluding hydrogens is 240 g/mol. The number of amides is 1. The van der Waals surface area contributed by atoms with Crippen LogP contribution in [0.3, 0.4) is 0 Å². The summed E-state index contributed by atoms with van der Waals surface area (Å²) in [6.07, 6.45) is 2.60. The Bertz CT molecular complexity index is 409. The summed E-state index contributed by atoms with van der Waals surface area (Å²) in [6, 6.07) is 7.71. The van der Waals surface area contributed by atoms with Crippen LogP contribution < -0.4 is 10.6 Å². The van der Waals surface area contributed by atoms with Gasteiger partial charge in [-0.1, -0.05) is 0 Å². The Labute approximate surface area is 114 Å². The quantitative estimate of drug-likeness (QED) is 0.856. The molecule has 0 spiro atoms. The van der Waals surface area contributed by atoms with Crippen LogP contribution in [0, 0.1) is 0 Å². The molecule has 19 heavy (non-hydrogen) atoms. The molecule has 1 aromatic carbocycles. The summed E-state index contributed by atoms with van der Waals surface area (Å²) in [5, 5.41) is 6.21. The minimum atomic E-state index is -0.0272. The van der Waals surface area contributed by atoms with E-state index >= 15 is 0 Å². The van der Waals surface area contributed by atoms with E-state index in [2.05, 4.69) is 10.6 Å². The lowest BCUT2D eigenvalue weighted by molar-refractivity contribution is 0.0943. The standard InChI is InChI=1S/C15H22N2O2/c1-11(2)17-15(18)12-5-7-13(8-6-12)16-10-14-4-3-9-19-14/h5-8,11,14,16H,3-4,9-10H2,1-2H3,(H,17,18). The molecule has 1 heterocycles. The Balaban J connectivity index is 1.85. The molecule has 4 heteroatoms. The minimum absolute atomic E-state index is 0.0272. The predicted molar refractivity (Wildman–Crippen MR) is 76.5 cm³/mol. The molecule has 0 radical (unpaired) electrons. The van der Waals surface area contributed by atoms with E-state index in [1.807, 2.05) is 38.1 Å². The van der Waals surface area contributed by atoms with Gasteiger partial charge in [0, 0.05) is 30.4 Å². The maximum absolute atomic E-state index is 11.8. The molecule has 0 bridgehead atoms. The van der Waals surface area contributed by atoms with E-state index in [0.717, 1.165) is 31.7 Å². The maximum Gasteiger partial charge on any atom is 0.251 e. The zero-order valence-corrected chi connectivity index (χ0v) is 11.6. The lowest BCUT2D eigenvalue weighted by Gasteiger charge is -2.12. The zero-order valence-electron chi connectivity index (χ0n) is 11.6. The average molecular weight is 262 g/mol. The van der Waals surface area contributed by atoms with Gasteiger partial charge >= 0.3 is 0 Å². The number of nitrogens with one attached hydrogen (secondary N) is 2. The van der Waals surface area contributed by atoms with Crippen molar-refractivity contribution in [2.45, 2.75) is 38.8 Å². The molecule has 1 unspecified atom stereocenters. The van der Waals surface area contributed by atoms with Crippen LogP contribution >= 0.6 is 0 Å². The van der Waals surface area contributed by atoms with Gasteiger partial charge in [-0.05, 0) is 51.0 Å². The van der Waals surface area contributed by atoms with Crippen LogP contribution in [0.1, 0.15) is 37.0 Å². The number of rotatable bonds is 5. The Morgan fingerprint density at radius 1 is 1.37 bits per heavy atom. The molecule has 1 aromatic rings. The van der Waals surface area contributed by atoms with Crippen molar-refractivity contribution in [2.75, 3.05) is 18.5 Å². The molecule has 1 fully saturated rings. The van der Waals surface area contributed by atoms with Gasteiger partial charge in [0.15, 0.2) is 0 Å². The monoisotopic (exact) mass is 262 g/mol. The molecule has 4 nitrogen and oxygen atoms in total. The van der Waals surface area contributed by atoms with Crippen LogP contribution in [0.2, 0.25) is 0 Å². The molecule has 2 rings (SSSR count). The zero-order chi connectivity index (χ0) is 13.7. The van der Waals surface area contributed by atoms with Crippen LogP contribution in [0.15, 0.2) is 24.3 Å². The smallest absolute Gasteiger partial charge is 0.251 e. The third-order valence-corrected chi connectivity index (χ3v) is 3.12. The molecule has 0 saturated carbocycles.